The van der Waals surface area contributed by atoms with Crippen molar-refractivity contribution in [3.05, 3.63) is 69.8 Å². The zero-order chi connectivity index (χ0) is 26.9. The number of ether oxygens (including phenoxy) is 3. The average Bonchev–Trinajstić information content (AvgIpc) is 2.88. The molecule has 1 unspecified atom stereocenters. The van der Waals surface area contributed by atoms with Gasteiger partial charge in [0, 0.05) is 19.3 Å². The Morgan fingerprint density at radius 1 is 1.00 bits per heavy atom. The molecule has 0 aliphatic carbocycles. The van der Waals surface area contributed by atoms with E-state index in [-0.39, 0.29) is 30.7 Å². The minimum absolute atomic E-state index is 0.0468. The Labute approximate surface area is 216 Å². The first-order valence-electron chi connectivity index (χ1n) is 11.1. The van der Waals surface area contributed by atoms with Crippen LogP contribution in [0.1, 0.15) is 18.1 Å². The summed E-state index contributed by atoms with van der Waals surface area (Å²) < 4.78 is 27.7. The molecule has 0 bridgehead atoms. The fraction of sp³-hybridized carbons (Fsp3) is 0.292. The smallest absolute Gasteiger partial charge is 0.412 e. The largest absolute Gasteiger partial charge is 0.497 e. The molecule has 0 radical (unpaired) electrons. The van der Waals surface area contributed by atoms with Crippen LogP contribution in [0.25, 0.3) is 0 Å². The second-order valence-corrected chi connectivity index (χ2v) is 8.91. The van der Waals surface area contributed by atoms with Gasteiger partial charge in [0.25, 0.3) is 0 Å². The third-order valence-electron chi connectivity index (χ3n) is 5.15. The molecule has 0 fully saturated rings. The Morgan fingerprint density at radius 2 is 1.51 bits per heavy atom. The Hall–Kier alpha value is -4.26. The molecular formula is C24H27N5O7S. The molecule has 12 nitrogen and oxygen atoms in total. The van der Waals surface area contributed by atoms with E-state index in [1.54, 1.807) is 50.3 Å². The number of nitro groups is 1. The van der Waals surface area contributed by atoms with Crippen LogP contribution in [0.2, 0.25) is 0 Å². The Kier molecular flexibility index (Phi) is 9.33. The van der Waals surface area contributed by atoms with Crippen molar-refractivity contribution in [2.45, 2.75) is 25.2 Å². The third-order valence-corrected chi connectivity index (χ3v) is 5.84. The van der Waals surface area contributed by atoms with Crippen molar-refractivity contribution in [2.24, 2.45) is 0 Å². The summed E-state index contributed by atoms with van der Waals surface area (Å²) in [5.41, 5.74) is 1.06. The zero-order valence-corrected chi connectivity index (χ0v) is 21.6. The van der Waals surface area contributed by atoms with Crippen LogP contribution in [0.3, 0.4) is 0 Å². The maximum absolute atomic E-state index is 12.3. The van der Waals surface area contributed by atoms with Gasteiger partial charge in [-0.25, -0.2) is 4.79 Å². The van der Waals surface area contributed by atoms with E-state index in [2.05, 4.69) is 15.3 Å². The van der Waals surface area contributed by atoms with Gasteiger partial charge in [-0.2, -0.15) is 9.97 Å². The number of hydrogen-bond acceptors (Lipinski definition) is 10. The minimum Gasteiger partial charge on any atom is -0.497 e. The maximum Gasteiger partial charge on any atom is 0.412 e. The van der Waals surface area contributed by atoms with Crippen LogP contribution in [0, 0.1) is 10.1 Å². The van der Waals surface area contributed by atoms with E-state index in [0.717, 1.165) is 11.1 Å². The molecule has 1 atom stereocenters. The Morgan fingerprint density at radius 3 is 1.92 bits per heavy atom. The standard InChI is InChI=1S/C24H27N5O7S/c1-5-36-24(30)26-21-20(29(31)32)22(27-23(25-21)37(4)33)28(14-16-6-10-18(34-2)11-7-16)15-17-8-12-19(35-3)13-9-17/h6-13H,5,14-15H2,1-4H3,(H,25,26,27,30). The zero-order valence-electron chi connectivity index (χ0n) is 20.8. The normalized spacial score (nSPS) is 11.4. The van der Waals surface area contributed by atoms with Crippen molar-refractivity contribution in [2.75, 3.05) is 37.3 Å². The Balaban J connectivity index is 2.16. The lowest BCUT2D eigenvalue weighted by Crippen LogP contribution is -2.26. The molecule has 3 rings (SSSR count). The first-order valence-corrected chi connectivity index (χ1v) is 12.7. The van der Waals surface area contributed by atoms with Crippen molar-refractivity contribution in [1.82, 2.24) is 9.97 Å². The van der Waals surface area contributed by atoms with E-state index in [1.165, 1.54) is 6.26 Å². The summed E-state index contributed by atoms with van der Waals surface area (Å²) in [6.45, 7) is 2.04. The van der Waals surface area contributed by atoms with Gasteiger partial charge < -0.3 is 19.1 Å². The molecule has 0 saturated heterocycles. The second-order valence-electron chi connectivity index (χ2n) is 7.64. The van der Waals surface area contributed by atoms with Crippen LogP contribution in [0.4, 0.5) is 22.1 Å². The monoisotopic (exact) mass is 529 g/mol. The summed E-state index contributed by atoms with van der Waals surface area (Å²) in [6.07, 6.45) is 0.413. The molecule has 37 heavy (non-hydrogen) atoms. The van der Waals surface area contributed by atoms with Crippen molar-refractivity contribution in [3.8, 4) is 11.5 Å². The van der Waals surface area contributed by atoms with Crippen molar-refractivity contribution < 1.29 is 28.1 Å². The summed E-state index contributed by atoms with van der Waals surface area (Å²) >= 11 is 0. The molecule has 1 aromatic heterocycles. The van der Waals surface area contributed by atoms with Crippen molar-refractivity contribution in [1.29, 1.82) is 0 Å². The fourth-order valence-corrected chi connectivity index (χ4v) is 3.83. The molecule has 0 spiro atoms. The predicted octanol–water partition coefficient (Wildman–Crippen LogP) is 3.91. The van der Waals surface area contributed by atoms with E-state index in [1.807, 2.05) is 24.3 Å². The fourth-order valence-electron chi connectivity index (χ4n) is 3.40. The number of aromatic nitrogens is 2. The summed E-state index contributed by atoms with van der Waals surface area (Å²) in [5, 5.41) is 14.4. The lowest BCUT2D eigenvalue weighted by atomic mass is 10.1. The van der Waals surface area contributed by atoms with Crippen LogP contribution < -0.4 is 19.7 Å². The van der Waals surface area contributed by atoms with Gasteiger partial charge in [0.2, 0.25) is 16.8 Å². The highest BCUT2D eigenvalue weighted by Gasteiger charge is 2.31. The maximum atomic E-state index is 12.3. The SMILES string of the molecule is CCOC(=O)Nc1nc(S(C)=O)nc(N(Cc2ccc(OC)cc2)Cc2ccc(OC)cc2)c1[N+](=O)[O-]. The summed E-state index contributed by atoms with van der Waals surface area (Å²) in [7, 11) is 1.41. The average molecular weight is 530 g/mol. The van der Waals surface area contributed by atoms with Crippen molar-refractivity contribution >= 4 is 34.2 Å². The van der Waals surface area contributed by atoms with Gasteiger partial charge >= 0.3 is 11.8 Å². The van der Waals surface area contributed by atoms with Gasteiger partial charge in [-0.05, 0) is 42.3 Å². The molecule has 1 N–H and O–H groups in total. The Bertz CT molecular complexity index is 1220. The first-order chi connectivity index (χ1) is 17.7. The van der Waals surface area contributed by atoms with E-state index < -0.39 is 33.3 Å². The first kappa shape index (κ1) is 27.3. The summed E-state index contributed by atoms with van der Waals surface area (Å²) in [6, 6.07) is 14.4. The quantitative estimate of drug-likeness (QED) is 0.220. The van der Waals surface area contributed by atoms with Crippen molar-refractivity contribution in [3.63, 3.8) is 0 Å². The molecule has 196 valence electrons. The highest BCUT2D eigenvalue weighted by atomic mass is 32.2. The van der Waals surface area contributed by atoms with Gasteiger partial charge in [0.15, 0.2) is 0 Å². The molecule has 2 aromatic carbocycles. The third kappa shape index (κ3) is 7.13. The second kappa shape index (κ2) is 12.6. The number of carbonyl (C=O) groups excluding carboxylic acids is 1. The van der Waals surface area contributed by atoms with Gasteiger partial charge in [-0.3, -0.25) is 19.6 Å². The van der Waals surface area contributed by atoms with E-state index in [4.69, 9.17) is 14.2 Å². The van der Waals surface area contributed by atoms with Gasteiger partial charge in [0.05, 0.1) is 36.5 Å². The molecule has 1 heterocycles. The van der Waals surface area contributed by atoms with Gasteiger partial charge in [0.1, 0.15) is 11.5 Å². The molecule has 0 aliphatic rings. The van der Waals surface area contributed by atoms with E-state index in [9.17, 15) is 19.1 Å². The van der Waals surface area contributed by atoms with Crippen LogP contribution in [0.5, 0.6) is 11.5 Å². The minimum atomic E-state index is -1.70. The number of nitrogens with one attached hydrogen (secondary N) is 1. The summed E-state index contributed by atoms with van der Waals surface area (Å²) in [5.74, 6) is 0.794. The number of rotatable bonds is 11. The van der Waals surface area contributed by atoms with E-state index >= 15 is 0 Å². The van der Waals surface area contributed by atoms with Crippen LogP contribution in [-0.4, -0.2) is 52.3 Å². The predicted molar refractivity (Wildman–Crippen MR) is 138 cm³/mol. The number of hydrogen-bond donors (Lipinski definition) is 1. The summed E-state index contributed by atoms with van der Waals surface area (Å²) in [4.78, 5) is 33.6. The highest BCUT2D eigenvalue weighted by Crippen LogP contribution is 2.35. The molecule has 0 aliphatic heterocycles. The molecule has 1 amide bonds. The molecule has 13 heteroatoms. The van der Waals surface area contributed by atoms with Gasteiger partial charge in [-0.15, -0.1) is 0 Å². The molecular weight excluding hydrogens is 502 g/mol. The topological polar surface area (TPSA) is 146 Å². The van der Waals surface area contributed by atoms with E-state index in [0.29, 0.717) is 11.5 Å². The number of carbonyl (C=O) groups is 1. The molecule has 0 saturated carbocycles. The van der Waals surface area contributed by atoms with Crippen LogP contribution >= 0.6 is 0 Å². The number of nitrogens with zero attached hydrogens (tertiary/aromatic N) is 4. The highest BCUT2D eigenvalue weighted by molar-refractivity contribution is 7.84. The van der Waals surface area contributed by atoms with Crippen LogP contribution in [-0.2, 0) is 28.6 Å². The number of anilines is 2. The van der Waals surface area contributed by atoms with Gasteiger partial charge in [-0.1, -0.05) is 24.3 Å². The number of amides is 1. The van der Waals surface area contributed by atoms with Crippen LogP contribution in [0.15, 0.2) is 53.7 Å². The number of benzene rings is 2. The number of methoxy groups -OCH3 is 2. The molecule has 3 aromatic rings. The lowest BCUT2D eigenvalue weighted by molar-refractivity contribution is -0.383. The lowest BCUT2D eigenvalue weighted by Gasteiger charge is -2.25.